The van der Waals surface area contributed by atoms with E-state index in [0.717, 1.165) is 16.8 Å². The molecule has 0 saturated heterocycles. The molecule has 0 saturated carbocycles. The first kappa shape index (κ1) is 19.1. The second-order valence-corrected chi connectivity index (χ2v) is 6.18. The van der Waals surface area contributed by atoms with Gasteiger partial charge in [-0.2, -0.15) is 5.10 Å². The molecule has 0 aliphatic rings. The van der Waals surface area contributed by atoms with Crippen LogP contribution < -0.4 is 9.47 Å². The number of halogens is 1. The van der Waals surface area contributed by atoms with Crippen LogP contribution in [0.2, 0.25) is 5.02 Å². The van der Waals surface area contributed by atoms with Crippen LogP contribution in [-0.2, 0) is 23.0 Å². The molecule has 0 radical (unpaired) electrons. The molecule has 2 rings (SSSR count). The number of aromatic nitrogens is 2. The van der Waals surface area contributed by atoms with Crippen molar-refractivity contribution < 1.29 is 19.0 Å². The van der Waals surface area contributed by atoms with E-state index in [9.17, 15) is 4.79 Å². The fourth-order valence-corrected chi connectivity index (χ4v) is 2.66. The van der Waals surface area contributed by atoms with Gasteiger partial charge in [0.15, 0.2) is 11.9 Å². The van der Waals surface area contributed by atoms with Gasteiger partial charge in [0, 0.05) is 18.7 Å². The number of aryl methyl sites for hydroxylation is 3. The highest BCUT2D eigenvalue weighted by Crippen LogP contribution is 2.37. The fraction of sp³-hybridized carbons (Fsp3) is 0.444. The molecular weight excluding hydrogens is 344 g/mol. The lowest BCUT2D eigenvalue weighted by Crippen LogP contribution is -2.25. The van der Waals surface area contributed by atoms with E-state index in [1.807, 2.05) is 20.8 Å². The molecule has 136 valence electrons. The first-order valence-electron chi connectivity index (χ1n) is 8.03. The van der Waals surface area contributed by atoms with Gasteiger partial charge in [0.25, 0.3) is 0 Å². The first-order chi connectivity index (χ1) is 11.8. The minimum atomic E-state index is -0.731. The molecule has 0 N–H and O–H groups in total. The zero-order valence-corrected chi connectivity index (χ0v) is 16.1. The molecule has 0 fully saturated rings. The van der Waals surface area contributed by atoms with E-state index in [1.165, 1.54) is 7.11 Å². The SMILES string of the molecule is CCc1cc(Cl)c(Oc2c(C)c(C)nn2C)cc1O[C@@H](C)C(=O)OC. The Morgan fingerprint density at radius 1 is 1.32 bits per heavy atom. The maximum absolute atomic E-state index is 11.6. The normalized spacial score (nSPS) is 12.0. The van der Waals surface area contributed by atoms with Gasteiger partial charge in [-0.05, 0) is 38.8 Å². The van der Waals surface area contributed by atoms with Gasteiger partial charge in [-0.15, -0.1) is 0 Å². The van der Waals surface area contributed by atoms with Crippen LogP contribution in [0, 0.1) is 13.8 Å². The molecule has 0 bridgehead atoms. The summed E-state index contributed by atoms with van der Waals surface area (Å²) < 4.78 is 18.1. The largest absolute Gasteiger partial charge is 0.479 e. The van der Waals surface area contributed by atoms with Crippen molar-refractivity contribution in [1.82, 2.24) is 9.78 Å². The van der Waals surface area contributed by atoms with Crippen LogP contribution in [0.3, 0.4) is 0 Å². The van der Waals surface area contributed by atoms with E-state index in [-0.39, 0.29) is 0 Å². The summed E-state index contributed by atoms with van der Waals surface area (Å²) in [5, 5.41) is 4.80. The van der Waals surface area contributed by atoms with Gasteiger partial charge in [-0.3, -0.25) is 0 Å². The number of nitrogens with zero attached hydrogens (tertiary/aromatic N) is 2. The molecule has 0 amide bonds. The highest BCUT2D eigenvalue weighted by Gasteiger charge is 2.20. The molecule has 6 nitrogen and oxygen atoms in total. The van der Waals surface area contributed by atoms with Crippen LogP contribution in [-0.4, -0.2) is 29.0 Å². The summed E-state index contributed by atoms with van der Waals surface area (Å²) in [5.74, 6) is 1.14. The predicted molar refractivity (Wildman–Crippen MR) is 95.7 cm³/mol. The monoisotopic (exact) mass is 366 g/mol. The van der Waals surface area contributed by atoms with E-state index >= 15 is 0 Å². The number of benzene rings is 1. The zero-order chi connectivity index (χ0) is 18.7. The third-order valence-electron chi connectivity index (χ3n) is 4.00. The topological polar surface area (TPSA) is 62.6 Å². The molecule has 1 aromatic carbocycles. The first-order valence-corrected chi connectivity index (χ1v) is 8.41. The van der Waals surface area contributed by atoms with Crippen LogP contribution in [0.4, 0.5) is 0 Å². The van der Waals surface area contributed by atoms with Gasteiger partial charge < -0.3 is 14.2 Å². The van der Waals surface area contributed by atoms with Crippen LogP contribution in [0.5, 0.6) is 17.4 Å². The van der Waals surface area contributed by atoms with Crippen molar-refractivity contribution in [2.24, 2.45) is 7.05 Å². The number of esters is 1. The quantitative estimate of drug-likeness (QED) is 0.723. The Kier molecular flexibility index (Phi) is 5.95. The van der Waals surface area contributed by atoms with Crippen LogP contribution in [0.15, 0.2) is 12.1 Å². The third-order valence-corrected chi connectivity index (χ3v) is 4.29. The van der Waals surface area contributed by atoms with E-state index in [2.05, 4.69) is 5.10 Å². The summed E-state index contributed by atoms with van der Waals surface area (Å²) in [5.41, 5.74) is 2.70. The minimum absolute atomic E-state index is 0.442. The summed E-state index contributed by atoms with van der Waals surface area (Å²) in [6.45, 7) is 7.46. The van der Waals surface area contributed by atoms with E-state index in [1.54, 1.807) is 30.8 Å². The third kappa shape index (κ3) is 4.07. The highest BCUT2D eigenvalue weighted by molar-refractivity contribution is 6.32. The van der Waals surface area contributed by atoms with Crippen LogP contribution >= 0.6 is 11.6 Å². The zero-order valence-electron chi connectivity index (χ0n) is 15.3. The van der Waals surface area contributed by atoms with Crippen molar-refractivity contribution in [1.29, 1.82) is 0 Å². The number of rotatable bonds is 6. The molecule has 1 aromatic heterocycles. The smallest absolute Gasteiger partial charge is 0.346 e. The Morgan fingerprint density at radius 2 is 2.00 bits per heavy atom. The van der Waals surface area contributed by atoms with Gasteiger partial charge in [0.1, 0.15) is 5.75 Å². The summed E-state index contributed by atoms with van der Waals surface area (Å²) in [6.07, 6.45) is -0.0300. The Balaban J connectivity index is 2.39. The van der Waals surface area contributed by atoms with Crippen molar-refractivity contribution in [3.05, 3.63) is 34.0 Å². The Labute approximate surface area is 152 Å². The van der Waals surface area contributed by atoms with Crippen LogP contribution in [0.1, 0.15) is 30.7 Å². The van der Waals surface area contributed by atoms with Crippen LogP contribution in [0.25, 0.3) is 0 Å². The Hall–Kier alpha value is -2.21. The summed E-state index contributed by atoms with van der Waals surface area (Å²) in [4.78, 5) is 11.6. The highest BCUT2D eigenvalue weighted by atomic mass is 35.5. The molecule has 7 heteroatoms. The summed E-state index contributed by atoms with van der Waals surface area (Å²) in [6, 6.07) is 3.48. The molecular formula is C18H23ClN2O4. The molecule has 0 spiro atoms. The van der Waals surface area contributed by atoms with Gasteiger partial charge in [0.2, 0.25) is 5.88 Å². The van der Waals surface area contributed by atoms with Crippen molar-refractivity contribution in [2.75, 3.05) is 7.11 Å². The molecule has 25 heavy (non-hydrogen) atoms. The standard InChI is InChI=1S/C18H23ClN2O4/c1-7-13-8-14(19)16(9-15(13)24-12(4)18(22)23-6)25-17-10(2)11(3)20-21(17)5/h8-9,12H,7H2,1-6H3/t12-/m0/s1. The maximum atomic E-state index is 11.6. The molecule has 0 aliphatic carbocycles. The average molecular weight is 367 g/mol. The van der Waals surface area contributed by atoms with Crippen molar-refractivity contribution in [3.63, 3.8) is 0 Å². The van der Waals surface area contributed by atoms with Gasteiger partial charge in [-0.1, -0.05) is 18.5 Å². The fourth-order valence-electron chi connectivity index (χ4n) is 2.43. The number of methoxy groups -OCH3 is 1. The second-order valence-electron chi connectivity index (χ2n) is 5.77. The Bertz CT molecular complexity index is 786. The van der Waals surface area contributed by atoms with Crippen molar-refractivity contribution in [3.8, 4) is 17.4 Å². The van der Waals surface area contributed by atoms with Crippen molar-refractivity contribution >= 4 is 17.6 Å². The van der Waals surface area contributed by atoms with Gasteiger partial charge in [-0.25, -0.2) is 9.48 Å². The number of hydrogen-bond acceptors (Lipinski definition) is 5. The summed E-state index contributed by atoms with van der Waals surface area (Å²) >= 11 is 6.37. The lowest BCUT2D eigenvalue weighted by Gasteiger charge is -2.17. The lowest BCUT2D eigenvalue weighted by atomic mass is 10.1. The molecule has 0 unspecified atom stereocenters. The molecule has 1 atom stereocenters. The predicted octanol–water partition coefficient (Wildman–Crippen LogP) is 3.99. The van der Waals surface area contributed by atoms with E-state index in [0.29, 0.717) is 28.8 Å². The minimum Gasteiger partial charge on any atom is -0.479 e. The molecule has 1 heterocycles. The van der Waals surface area contributed by atoms with E-state index < -0.39 is 12.1 Å². The number of carbonyl (C=O) groups excluding carboxylic acids is 1. The molecule has 0 aliphatic heterocycles. The average Bonchev–Trinajstić information content (AvgIpc) is 2.82. The summed E-state index contributed by atoms with van der Waals surface area (Å²) in [7, 11) is 3.13. The number of carbonyl (C=O) groups is 1. The molecule has 2 aromatic rings. The second kappa shape index (κ2) is 7.78. The van der Waals surface area contributed by atoms with E-state index in [4.69, 9.17) is 25.8 Å². The Morgan fingerprint density at radius 3 is 2.52 bits per heavy atom. The van der Waals surface area contributed by atoms with Gasteiger partial charge >= 0.3 is 5.97 Å². The van der Waals surface area contributed by atoms with Gasteiger partial charge in [0.05, 0.1) is 17.8 Å². The van der Waals surface area contributed by atoms with Crippen molar-refractivity contribution in [2.45, 2.75) is 40.2 Å². The maximum Gasteiger partial charge on any atom is 0.346 e. The number of ether oxygens (including phenoxy) is 3. The number of hydrogen-bond donors (Lipinski definition) is 0. The lowest BCUT2D eigenvalue weighted by molar-refractivity contribution is -0.147.